The normalized spacial score (nSPS) is 14.7. The fourth-order valence-electron chi connectivity index (χ4n) is 3.37. The Morgan fingerprint density at radius 2 is 1.86 bits per heavy atom. The van der Waals surface area contributed by atoms with Crippen LogP contribution in [-0.4, -0.2) is 47.4 Å². The van der Waals surface area contributed by atoms with E-state index < -0.39 is 0 Å². The number of aromatic nitrogens is 2. The van der Waals surface area contributed by atoms with Gasteiger partial charge in [0.25, 0.3) is 0 Å². The lowest BCUT2D eigenvalue weighted by atomic mass is 10.1. The number of anilines is 1. The van der Waals surface area contributed by atoms with Gasteiger partial charge < -0.3 is 19.7 Å². The van der Waals surface area contributed by atoms with E-state index in [0.717, 1.165) is 23.6 Å². The first-order chi connectivity index (χ1) is 13.7. The Morgan fingerprint density at radius 3 is 2.68 bits per heavy atom. The molecule has 28 heavy (non-hydrogen) atoms. The van der Waals surface area contributed by atoms with Crippen molar-refractivity contribution in [1.29, 1.82) is 0 Å². The van der Waals surface area contributed by atoms with Gasteiger partial charge in [-0.25, -0.2) is 4.79 Å². The lowest BCUT2D eigenvalue weighted by Crippen LogP contribution is -2.43. The summed E-state index contributed by atoms with van der Waals surface area (Å²) < 4.78 is 11.4. The van der Waals surface area contributed by atoms with Crippen molar-refractivity contribution >= 4 is 22.5 Å². The number of carbonyl (C=O) groups is 1. The Bertz CT molecular complexity index is 965. The summed E-state index contributed by atoms with van der Waals surface area (Å²) in [6.07, 6.45) is 3.22. The molecule has 1 saturated heterocycles. The highest BCUT2D eigenvalue weighted by atomic mass is 16.5. The average molecular weight is 378 g/mol. The zero-order chi connectivity index (χ0) is 19.3. The minimum Gasteiger partial charge on any atom is -0.495 e. The van der Waals surface area contributed by atoms with E-state index in [9.17, 15) is 4.79 Å². The van der Waals surface area contributed by atoms with Gasteiger partial charge in [0.05, 0.1) is 19.0 Å². The SMILES string of the molecule is COc1ccccc1NC(=O)N1CCC(Oc2nncc3ccccc23)CC1. The molecule has 3 aromatic rings. The largest absolute Gasteiger partial charge is 0.495 e. The van der Waals surface area contributed by atoms with Crippen LogP contribution in [0, 0.1) is 0 Å². The quantitative estimate of drug-likeness (QED) is 0.749. The molecule has 1 fully saturated rings. The predicted octanol–water partition coefficient (Wildman–Crippen LogP) is 3.71. The van der Waals surface area contributed by atoms with Gasteiger partial charge in [-0.15, -0.1) is 5.10 Å². The van der Waals surface area contributed by atoms with Gasteiger partial charge >= 0.3 is 6.03 Å². The number of amides is 2. The van der Waals surface area contributed by atoms with Crippen LogP contribution in [0.1, 0.15) is 12.8 Å². The van der Waals surface area contributed by atoms with Crippen LogP contribution in [-0.2, 0) is 0 Å². The van der Waals surface area contributed by atoms with Gasteiger partial charge in [0, 0.05) is 36.7 Å². The summed E-state index contributed by atoms with van der Waals surface area (Å²) in [7, 11) is 1.59. The minimum absolute atomic E-state index is 0.00965. The number of urea groups is 1. The number of ether oxygens (including phenoxy) is 2. The molecule has 1 aliphatic heterocycles. The first-order valence-corrected chi connectivity index (χ1v) is 9.30. The minimum atomic E-state index is -0.132. The molecular weight excluding hydrogens is 356 g/mol. The Kier molecular flexibility index (Phi) is 5.23. The molecular formula is C21H22N4O3. The molecule has 0 atom stereocenters. The van der Waals surface area contributed by atoms with E-state index in [0.29, 0.717) is 30.4 Å². The van der Waals surface area contributed by atoms with Crippen LogP contribution in [0.4, 0.5) is 10.5 Å². The molecule has 7 nitrogen and oxygen atoms in total. The number of nitrogens with zero attached hydrogens (tertiary/aromatic N) is 3. The standard InChI is InChI=1S/C21H22N4O3/c1-27-19-9-5-4-8-18(19)23-21(26)25-12-10-16(11-13-25)28-20-17-7-3-2-6-15(17)14-22-24-20/h2-9,14,16H,10-13H2,1H3,(H,23,26). The topological polar surface area (TPSA) is 76.6 Å². The number of carbonyl (C=O) groups excluding carboxylic acids is 1. The van der Waals surface area contributed by atoms with Gasteiger partial charge in [-0.3, -0.25) is 0 Å². The number of hydrogen-bond donors (Lipinski definition) is 1. The lowest BCUT2D eigenvalue weighted by molar-refractivity contribution is 0.112. The van der Waals surface area contributed by atoms with E-state index in [1.54, 1.807) is 18.2 Å². The first kappa shape index (κ1) is 18.0. The van der Waals surface area contributed by atoms with Gasteiger partial charge in [-0.1, -0.05) is 30.3 Å². The molecule has 0 radical (unpaired) electrons. The second-order valence-corrected chi connectivity index (χ2v) is 6.67. The summed E-state index contributed by atoms with van der Waals surface area (Å²) in [4.78, 5) is 14.4. The van der Waals surface area contributed by atoms with Crippen molar-refractivity contribution in [2.45, 2.75) is 18.9 Å². The van der Waals surface area contributed by atoms with Gasteiger partial charge in [-0.2, -0.15) is 5.10 Å². The van der Waals surface area contributed by atoms with E-state index in [1.807, 2.05) is 48.5 Å². The third-order valence-electron chi connectivity index (χ3n) is 4.89. The highest BCUT2D eigenvalue weighted by molar-refractivity contribution is 5.91. The first-order valence-electron chi connectivity index (χ1n) is 9.30. The van der Waals surface area contributed by atoms with Crippen LogP contribution >= 0.6 is 0 Å². The summed E-state index contributed by atoms with van der Waals surface area (Å²) in [5.74, 6) is 1.19. The van der Waals surface area contributed by atoms with Crippen molar-refractivity contribution in [2.24, 2.45) is 0 Å². The fraction of sp³-hybridized carbons (Fsp3) is 0.286. The predicted molar refractivity (Wildman–Crippen MR) is 107 cm³/mol. The van der Waals surface area contributed by atoms with Gasteiger partial charge in [0.2, 0.25) is 5.88 Å². The number of piperidine rings is 1. The number of hydrogen-bond acceptors (Lipinski definition) is 5. The molecule has 0 spiro atoms. The van der Waals surface area contributed by atoms with Crippen LogP contribution in [0.3, 0.4) is 0 Å². The molecule has 1 N–H and O–H groups in total. The number of fused-ring (bicyclic) bond motifs is 1. The van der Waals surface area contributed by atoms with Crippen LogP contribution in [0.5, 0.6) is 11.6 Å². The number of benzene rings is 2. The van der Waals surface area contributed by atoms with Crippen molar-refractivity contribution in [1.82, 2.24) is 15.1 Å². The molecule has 2 aromatic carbocycles. The van der Waals surface area contributed by atoms with Crippen molar-refractivity contribution in [3.8, 4) is 11.6 Å². The van der Waals surface area contributed by atoms with Crippen LogP contribution in [0.25, 0.3) is 10.8 Å². The van der Waals surface area contributed by atoms with E-state index in [2.05, 4.69) is 15.5 Å². The maximum absolute atomic E-state index is 12.6. The number of rotatable bonds is 4. The molecule has 0 bridgehead atoms. The molecule has 2 heterocycles. The lowest BCUT2D eigenvalue weighted by Gasteiger charge is -2.32. The van der Waals surface area contributed by atoms with Crippen molar-refractivity contribution in [3.63, 3.8) is 0 Å². The maximum Gasteiger partial charge on any atom is 0.321 e. The molecule has 0 unspecified atom stereocenters. The van der Waals surface area contributed by atoms with Crippen molar-refractivity contribution < 1.29 is 14.3 Å². The van der Waals surface area contributed by atoms with E-state index in [1.165, 1.54) is 0 Å². The van der Waals surface area contributed by atoms with E-state index in [-0.39, 0.29) is 12.1 Å². The Balaban J connectivity index is 1.36. The molecule has 2 amide bonds. The fourth-order valence-corrected chi connectivity index (χ4v) is 3.37. The maximum atomic E-state index is 12.6. The van der Waals surface area contributed by atoms with E-state index >= 15 is 0 Å². The monoisotopic (exact) mass is 378 g/mol. The Morgan fingerprint density at radius 1 is 1.11 bits per heavy atom. The van der Waals surface area contributed by atoms with Gasteiger partial charge in [-0.05, 0) is 18.2 Å². The molecule has 7 heteroatoms. The molecule has 1 aromatic heterocycles. The Hall–Kier alpha value is -3.35. The van der Waals surface area contributed by atoms with Gasteiger partial charge in [0.15, 0.2) is 0 Å². The highest BCUT2D eigenvalue weighted by Crippen LogP contribution is 2.26. The highest BCUT2D eigenvalue weighted by Gasteiger charge is 2.25. The van der Waals surface area contributed by atoms with Crippen molar-refractivity contribution in [2.75, 3.05) is 25.5 Å². The summed E-state index contributed by atoms with van der Waals surface area (Å²) in [5, 5.41) is 13.0. The Labute approximate surface area is 163 Å². The molecule has 144 valence electrons. The second kappa shape index (κ2) is 8.12. The zero-order valence-corrected chi connectivity index (χ0v) is 15.7. The molecule has 0 saturated carbocycles. The molecule has 0 aliphatic carbocycles. The summed E-state index contributed by atoms with van der Waals surface area (Å²) >= 11 is 0. The van der Waals surface area contributed by atoms with Crippen molar-refractivity contribution in [3.05, 3.63) is 54.7 Å². The number of methoxy groups -OCH3 is 1. The smallest absolute Gasteiger partial charge is 0.321 e. The molecule has 4 rings (SSSR count). The second-order valence-electron chi connectivity index (χ2n) is 6.67. The third kappa shape index (κ3) is 3.83. The zero-order valence-electron chi connectivity index (χ0n) is 15.7. The number of para-hydroxylation sites is 2. The number of nitrogens with one attached hydrogen (secondary N) is 1. The van der Waals surface area contributed by atoms with Crippen LogP contribution in [0.2, 0.25) is 0 Å². The number of likely N-dealkylation sites (tertiary alicyclic amines) is 1. The van der Waals surface area contributed by atoms with E-state index in [4.69, 9.17) is 9.47 Å². The molecule has 1 aliphatic rings. The summed E-state index contributed by atoms with van der Waals surface area (Å²) in [6.45, 7) is 1.23. The third-order valence-corrected chi connectivity index (χ3v) is 4.89. The van der Waals surface area contributed by atoms with Gasteiger partial charge in [0.1, 0.15) is 11.9 Å². The summed E-state index contributed by atoms with van der Waals surface area (Å²) in [5.41, 5.74) is 0.666. The average Bonchev–Trinajstić information content (AvgIpc) is 2.75. The van der Waals surface area contributed by atoms with Crippen LogP contribution < -0.4 is 14.8 Å². The summed E-state index contributed by atoms with van der Waals surface area (Å²) in [6, 6.07) is 15.1. The van der Waals surface area contributed by atoms with Crippen LogP contribution in [0.15, 0.2) is 54.7 Å².